The first-order chi connectivity index (χ1) is 13.5. The molecule has 0 saturated heterocycles. The number of allylic oxidation sites excluding steroid dienone is 3. The highest BCUT2D eigenvalue weighted by Crippen LogP contribution is 2.51. The maximum absolute atomic E-state index is 11.9. The number of aryl methyl sites for hydroxylation is 1. The fraction of sp³-hybridized carbons (Fsp3) is 0.280. The first-order valence-corrected chi connectivity index (χ1v) is 9.87. The minimum Gasteiger partial charge on any atom is -0.326 e. The standard InChI is InChI=1S/C25H26N2O/c1-4-21-20-14-17(2)16-25(21,22-11-12-24(28)27-23(22)15-20)26-13-7-10-19-9-6-5-8-18(19)3/h4-14,20H,15-16H2,1-3H3,(H,27,28)/t20-,25+/m0/s1. The molecule has 0 spiro atoms. The van der Waals surface area contributed by atoms with Crippen molar-refractivity contribution in [2.75, 3.05) is 0 Å². The highest BCUT2D eigenvalue weighted by atomic mass is 16.1. The van der Waals surface area contributed by atoms with E-state index in [-0.39, 0.29) is 5.56 Å². The molecule has 1 aromatic heterocycles. The van der Waals surface area contributed by atoms with Crippen molar-refractivity contribution in [3.8, 4) is 0 Å². The second-order valence-electron chi connectivity index (χ2n) is 7.81. The van der Waals surface area contributed by atoms with Gasteiger partial charge in [0.15, 0.2) is 0 Å². The molecule has 0 fully saturated rings. The molecule has 3 nitrogen and oxygen atoms in total. The molecule has 142 valence electrons. The summed E-state index contributed by atoms with van der Waals surface area (Å²) in [5, 5.41) is 0. The van der Waals surface area contributed by atoms with Gasteiger partial charge in [-0.15, -0.1) is 0 Å². The Labute approximate surface area is 166 Å². The average molecular weight is 370 g/mol. The van der Waals surface area contributed by atoms with Crippen LogP contribution in [0.4, 0.5) is 0 Å². The molecule has 2 aromatic rings. The number of pyridine rings is 1. The van der Waals surface area contributed by atoms with Crippen molar-refractivity contribution in [2.45, 2.75) is 39.2 Å². The smallest absolute Gasteiger partial charge is 0.248 e. The Balaban J connectivity index is 1.78. The van der Waals surface area contributed by atoms with Crippen LogP contribution in [-0.4, -0.2) is 11.2 Å². The van der Waals surface area contributed by atoms with E-state index in [1.165, 1.54) is 22.3 Å². The molecular formula is C25H26N2O. The Hall–Kier alpha value is -2.94. The summed E-state index contributed by atoms with van der Waals surface area (Å²) in [6, 6.07) is 11.9. The number of aromatic amines is 1. The Morgan fingerprint density at radius 2 is 2.00 bits per heavy atom. The van der Waals surface area contributed by atoms with Gasteiger partial charge in [0.1, 0.15) is 5.54 Å². The van der Waals surface area contributed by atoms with E-state index in [1.807, 2.05) is 24.4 Å². The van der Waals surface area contributed by atoms with Crippen LogP contribution in [-0.2, 0) is 12.0 Å². The zero-order chi connectivity index (χ0) is 19.7. The molecule has 2 bridgehead atoms. The maximum atomic E-state index is 11.9. The molecule has 2 aliphatic rings. The van der Waals surface area contributed by atoms with Crippen LogP contribution < -0.4 is 5.56 Å². The van der Waals surface area contributed by atoms with E-state index in [4.69, 9.17) is 4.99 Å². The molecule has 0 amide bonds. The summed E-state index contributed by atoms with van der Waals surface area (Å²) in [5.74, 6) is 0.293. The van der Waals surface area contributed by atoms with Gasteiger partial charge >= 0.3 is 0 Å². The van der Waals surface area contributed by atoms with Gasteiger partial charge in [0.2, 0.25) is 5.56 Å². The van der Waals surface area contributed by atoms with E-state index in [9.17, 15) is 4.79 Å². The molecule has 1 N–H and O–H groups in total. The minimum atomic E-state index is -0.424. The molecule has 0 unspecified atom stereocenters. The first kappa shape index (κ1) is 18.4. The third-order valence-electron chi connectivity index (χ3n) is 5.92. The van der Waals surface area contributed by atoms with Crippen molar-refractivity contribution in [1.29, 1.82) is 0 Å². The SMILES string of the molecule is CC=C1[C@H]2C=C(C)C[C@]1(N=CC=Cc1ccccc1C)c1ccc(=O)[nH]c1C2. The summed E-state index contributed by atoms with van der Waals surface area (Å²) in [5.41, 5.74) is 6.81. The lowest BCUT2D eigenvalue weighted by Gasteiger charge is -2.45. The van der Waals surface area contributed by atoms with Gasteiger partial charge in [0.25, 0.3) is 0 Å². The molecule has 0 radical (unpaired) electrons. The quantitative estimate of drug-likeness (QED) is 0.591. The van der Waals surface area contributed by atoms with Crippen LogP contribution in [0.2, 0.25) is 0 Å². The van der Waals surface area contributed by atoms with Gasteiger partial charge in [-0.1, -0.05) is 48.1 Å². The predicted molar refractivity (Wildman–Crippen MR) is 117 cm³/mol. The molecule has 28 heavy (non-hydrogen) atoms. The number of benzene rings is 1. The van der Waals surface area contributed by atoms with E-state index in [2.05, 4.69) is 62.2 Å². The first-order valence-electron chi connectivity index (χ1n) is 9.87. The zero-order valence-corrected chi connectivity index (χ0v) is 16.7. The summed E-state index contributed by atoms with van der Waals surface area (Å²) in [4.78, 5) is 20.1. The summed E-state index contributed by atoms with van der Waals surface area (Å²) in [7, 11) is 0. The number of fused-ring (bicyclic) bond motifs is 4. The van der Waals surface area contributed by atoms with Crippen LogP contribution >= 0.6 is 0 Å². The van der Waals surface area contributed by atoms with E-state index in [0.29, 0.717) is 5.92 Å². The van der Waals surface area contributed by atoms with Gasteiger partial charge in [-0.25, -0.2) is 0 Å². The predicted octanol–water partition coefficient (Wildman–Crippen LogP) is 5.13. The molecule has 0 aliphatic heterocycles. The number of hydrogen-bond acceptors (Lipinski definition) is 2. The van der Waals surface area contributed by atoms with Crippen molar-refractivity contribution in [3.05, 3.63) is 98.5 Å². The van der Waals surface area contributed by atoms with Gasteiger partial charge in [-0.3, -0.25) is 9.79 Å². The van der Waals surface area contributed by atoms with Crippen molar-refractivity contribution in [1.82, 2.24) is 4.98 Å². The number of nitrogens with one attached hydrogen (secondary N) is 1. The fourth-order valence-electron chi connectivity index (χ4n) is 4.74. The normalized spacial score (nSPS) is 25.3. The van der Waals surface area contributed by atoms with Gasteiger partial charge in [0.05, 0.1) is 0 Å². The lowest BCUT2D eigenvalue weighted by molar-refractivity contribution is 0.413. The Kier molecular flexibility index (Phi) is 4.76. The van der Waals surface area contributed by atoms with Crippen molar-refractivity contribution >= 4 is 12.3 Å². The van der Waals surface area contributed by atoms with Crippen LogP contribution in [0.5, 0.6) is 0 Å². The van der Waals surface area contributed by atoms with Gasteiger partial charge in [0, 0.05) is 35.9 Å². The minimum absolute atomic E-state index is 0.0416. The van der Waals surface area contributed by atoms with Crippen molar-refractivity contribution in [2.24, 2.45) is 10.9 Å². The van der Waals surface area contributed by atoms with Gasteiger partial charge in [-0.05, 0) is 56.0 Å². The lowest BCUT2D eigenvalue weighted by Crippen LogP contribution is -2.40. The number of aromatic nitrogens is 1. The molecule has 1 heterocycles. The monoisotopic (exact) mass is 370 g/mol. The summed E-state index contributed by atoms with van der Waals surface area (Å²) in [6.07, 6.45) is 12.3. The lowest BCUT2D eigenvalue weighted by atomic mass is 9.63. The Morgan fingerprint density at radius 1 is 1.18 bits per heavy atom. The molecule has 2 aliphatic carbocycles. The molecule has 0 saturated carbocycles. The molecular weight excluding hydrogens is 344 g/mol. The van der Waals surface area contributed by atoms with E-state index >= 15 is 0 Å². The second kappa shape index (κ2) is 7.23. The van der Waals surface area contributed by atoms with Crippen molar-refractivity contribution < 1.29 is 0 Å². The van der Waals surface area contributed by atoms with Crippen molar-refractivity contribution in [3.63, 3.8) is 0 Å². The Morgan fingerprint density at radius 3 is 2.79 bits per heavy atom. The molecule has 1 aromatic carbocycles. The van der Waals surface area contributed by atoms with Crippen LogP contribution in [0.1, 0.15) is 42.7 Å². The van der Waals surface area contributed by atoms with Crippen LogP contribution in [0.3, 0.4) is 0 Å². The second-order valence-corrected chi connectivity index (χ2v) is 7.81. The van der Waals surface area contributed by atoms with E-state index in [0.717, 1.165) is 24.1 Å². The number of rotatable bonds is 3. The zero-order valence-electron chi connectivity index (χ0n) is 16.7. The van der Waals surface area contributed by atoms with Crippen LogP contribution in [0.25, 0.3) is 6.08 Å². The highest BCUT2D eigenvalue weighted by Gasteiger charge is 2.46. The van der Waals surface area contributed by atoms with Crippen LogP contribution in [0.15, 0.2) is 75.6 Å². The number of aliphatic imine (C=N–C) groups is 1. The molecule has 3 heteroatoms. The number of nitrogens with zero attached hydrogens (tertiary/aromatic N) is 1. The maximum Gasteiger partial charge on any atom is 0.248 e. The highest BCUT2D eigenvalue weighted by molar-refractivity contribution is 5.79. The molecule has 4 rings (SSSR count). The van der Waals surface area contributed by atoms with Gasteiger partial charge < -0.3 is 4.98 Å². The fourth-order valence-corrected chi connectivity index (χ4v) is 4.74. The third-order valence-corrected chi connectivity index (χ3v) is 5.92. The number of hydrogen-bond donors (Lipinski definition) is 1. The average Bonchev–Trinajstić information content (AvgIpc) is 2.65. The summed E-state index contributed by atoms with van der Waals surface area (Å²) in [6.45, 7) is 6.39. The summed E-state index contributed by atoms with van der Waals surface area (Å²) < 4.78 is 0. The van der Waals surface area contributed by atoms with E-state index < -0.39 is 5.54 Å². The van der Waals surface area contributed by atoms with Gasteiger partial charge in [-0.2, -0.15) is 0 Å². The van der Waals surface area contributed by atoms with Crippen LogP contribution in [0, 0.1) is 12.8 Å². The molecule has 2 atom stereocenters. The summed E-state index contributed by atoms with van der Waals surface area (Å²) >= 11 is 0. The largest absolute Gasteiger partial charge is 0.326 e. The Bertz CT molecular complexity index is 1080. The number of H-pyrrole nitrogens is 1. The van der Waals surface area contributed by atoms with E-state index in [1.54, 1.807) is 6.07 Å². The third kappa shape index (κ3) is 3.11. The topological polar surface area (TPSA) is 45.2 Å².